The highest BCUT2D eigenvalue weighted by Gasteiger charge is 2.20. The Balaban J connectivity index is 1.64. The van der Waals surface area contributed by atoms with Crippen LogP contribution >= 0.6 is 11.3 Å². The summed E-state index contributed by atoms with van der Waals surface area (Å²) in [4.78, 5) is 21.3. The fourth-order valence-electron chi connectivity index (χ4n) is 2.06. The van der Waals surface area contributed by atoms with Gasteiger partial charge in [-0.2, -0.15) is 0 Å². The van der Waals surface area contributed by atoms with E-state index in [1.807, 2.05) is 0 Å². The third-order valence-corrected chi connectivity index (χ3v) is 4.82. The van der Waals surface area contributed by atoms with Crippen LogP contribution in [0.4, 0.5) is 10.1 Å². The molecular formula is C19H18FN3O2S. The molecule has 1 N–H and O–H groups in total. The lowest BCUT2D eigenvalue weighted by atomic mass is 9.98. The van der Waals surface area contributed by atoms with Gasteiger partial charge >= 0.3 is 0 Å². The van der Waals surface area contributed by atoms with E-state index in [2.05, 4.69) is 36.1 Å². The van der Waals surface area contributed by atoms with Crippen LogP contribution in [0, 0.1) is 5.82 Å². The summed E-state index contributed by atoms with van der Waals surface area (Å²) in [5.74, 6) is 0.269. The number of aromatic nitrogens is 2. The van der Waals surface area contributed by atoms with Crippen molar-refractivity contribution in [2.75, 3.05) is 5.32 Å². The Hall–Kier alpha value is -2.80. The van der Waals surface area contributed by atoms with Crippen LogP contribution in [0.5, 0.6) is 11.6 Å². The third-order valence-electron chi connectivity index (χ3n) is 3.40. The van der Waals surface area contributed by atoms with Gasteiger partial charge in [-0.3, -0.25) is 4.79 Å². The monoisotopic (exact) mass is 371 g/mol. The molecule has 0 saturated heterocycles. The number of hydrogen-bond acceptors (Lipinski definition) is 5. The molecule has 0 aliphatic rings. The molecule has 1 aromatic carbocycles. The molecular weight excluding hydrogens is 353 g/mol. The first-order chi connectivity index (χ1) is 12.3. The molecule has 0 atom stereocenters. The molecule has 134 valence electrons. The Bertz CT molecular complexity index is 900. The maximum Gasteiger partial charge on any atom is 0.267 e. The van der Waals surface area contributed by atoms with Crippen molar-refractivity contribution >= 4 is 22.9 Å². The summed E-state index contributed by atoms with van der Waals surface area (Å²) in [5, 5.41) is 3.69. The van der Waals surface area contributed by atoms with E-state index in [-0.39, 0.29) is 17.1 Å². The molecule has 0 bridgehead atoms. The summed E-state index contributed by atoms with van der Waals surface area (Å²) < 4.78 is 18.4. The minimum absolute atomic E-state index is 0.0932. The average molecular weight is 371 g/mol. The molecule has 0 saturated carbocycles. The van der Waals surface area contributed by atoms with Gasteiger partial charge < -0.3 is 10.1 Å². The Kier molecular flexibility index (Phi) is 4.99. The zero-order valence-electron chi connectivity index (χ0n) is 14.6. The smallest absolute Gasteiger partial charge is 0.267 e. The van der Waals surface area contributed by atoms with Gasteiger partial charge in [0.2, 0.25) is 5.88 Å². The summed E-state index contributed by atoms with van der Waals surface area (Å²) >= 11 is 1.37. The van der Waals surface area contributed by atoms with Crippen LogP contribution in [0.3, 0.4) is 0 Å². The molecule has 0 fully saturated rings. The van der Waals surface area contributed by atoms with E-state index < -0.39 is 0 Å². The van der Waals surface area contributed by atoms with Crippen molar-refractivity contribution in [2.45, 2.75) is 26.2 Å². The summed E-state index contributed by atoms with van der Waals surface area (Å²) in [6.07, 6.45) is 3.09. The maximum absolute atomic E-state index is 12.9. The number of thiazole rings is 1. The van der Waals surface area contributed by atoms with Crippen molar-refractivity contribution < 1.29 is 13.9 Å². The Morgan fingerprint density at radius 3 is 2.38 bits per heavy atom. The minimum atomic E-state index is -0.332. The average Bonchev–Trinajstić information content (AvgIpc) is 3.09. The number of amides is 1. The van der Waals surface area contributed by atoms with Crippen molar-refractivity contribution in [1.29, 1.82) is 0 Å². The lowest BCUT2D eigenvalue weighted by Gasteiger charge is -2.13. The standard InChI is InChI=1S/C19H18FN3O2S/c1-19(2,3)18-22-11-15(26-18)17(24)23-13-6-9-16(21-10-13)25-14-7-4-12(20)5-8-14/h4-11H,1-3H3,(H,23,24). The van der Waals surface area contributed by atoms with E-state index in [0.717, 1.165) is 5.01 Å². The second-order valence-corrected chi connectivity index (χ2v) is 7.71. The minimum Gasteiger partial charge on any atom is -0.439 e. The number of halogens is 1. The van der Waals surface area contributed by atoms with E-state index >= 15 is 0 Å². The Labute approximate surface area is 154 Å². The van der Waals surface area contributed by atoms with Crippen LogP contribution in [0.1, 0.15) is 35.5 Å². The van der Waals surface area contributed by atoms with Crippen LogP contribution in [-0.4, -0.2) is 15.9 Å². The third kappa shape index (κ3) is 4.43. The van der Waals surface area contributed by atoms with Crippen LogP contribution in [0.25, 0.3) is 0 Å². The highest BCUT2D eigenvalue weighted by molar-refractivity contribution is 7.13. The van der Waals surface area contributed by atoms with E-state index in [1.165, 1.54) is 41.8 Å². The molecule has 5 nitrogen and oxygen atoms in total. The summed E-state index contributed by atoms with van der Waals surface area (Å²) in [5.41, 5.74) is 0.455. The van der Waals surface area contributed by atoms with Gasteiger partial charge in [0.1, 0.15) is 16.4 Å². The van der Waals surface area contributed by atoms with E-state index in [1.54, 1.807) is 18.3 Å². The first-order valence-electron chi connectivity index (χ1n) is 7.98. The number of carbonyl (C=O) groups excluding carboxylic acids is 1. The molecule has 3 rings (SSSR count). The number of nitrogens with zero attached hydrogens (tertiary/aromatic N) is 2. The lowest BCUT2D eigenvalue weighted by Crippen LogP contribution is -2.11. The van der Waals surface area contributed by atoms with Crippen LogP contribution in [0.2, 0.25) is 0 Å². The topological polar surface area (TPSA) is 64.1 Å². The molecule has 3 aromatic rings. The number of anilines is 1. The SMILES string of the molecule is CC(C)(C)c1ncc(C(=O)Nc2ccc(Oc3ccc(F)cc3)nc2)s1. The van der Waals surface area contributed by atoms with Gasteiger partial charge in [-0.25, -0.2) is 14.4 Å². The first kappa shape index (κ1) is 18.0. The number of carbonyl (C=O) groups is 1. The Morgan fingerprint density at radius 2 is 1.81 bits per heavy atom. The van der Waals surface area contributed by atoms with E-state index in [4.69, 9.17) is 4.74 Å². The number of benzene rings is 1. The summed E-state index contributed by atoms with van der Waals surface area (Å²) in [6, 6.07) is 8.98. The molecule has 1 amide bonds. The second-order valence-electron chi connectivity index (χ2n) is 6.67. The molecule has 2 aromatic heterocycles. The highest BCUT2D eigenvalue weighted by atomic mass is 32.1. The molecule has 0 unspecified atom stereocenters. The van der Waals surface area contributed by atoms with Crippen molar-refractivity contribution in [3.63, 3.8) is 0 Å². The van der Waals surface area contributed by atoms with Gasteiger partial charge in [0.05, 0.1) is 23.1 Å². The van der Waals surface area contributed by atoms with Gasteiger partial charge in [-0.1, -0.05) is 20.8 Å². The number of nitrogens with one attached hydrogen (secondary N) is 1. The fraction of sp³-hybridized carbons (Fsp3) is 0.211. The van der Waals surface area contributed by atoms with E-state index in [0.29, 0.717) is 22.2 Å². The zero-order valence-corrected chi connectivity index (χ0v) is 15.4. The predicted molar refractivity (Wildman–Crippen MR) is 99.5 cm³/mol. The molecule has 0 radical (unpaired) electrons. The first-order valence-corrected chi connectivity index (χ1v) is 8.80. The molecule has 7 heteroatoms. The van der Waals surface area contributed by atoms with Crippen molar-refractivity contribution in [1.82, 2.24) is 9.97 Å². The van der Waals surface area contributed by atoms with Crippen LogP contribution in [0.15, 0.2) is 48.8 Å². The molecule has 0 spiro atoms. The zero-order chi connectivity index (χ0) is 18.7. The van der Waals surface area contributed by atoms with Crippen molar-refractivity contribution in [3.8, 4) is 11.6 Å². The Morgan fingerprint density at radius 1 is 1.08 bits per heavy atom. The highest BCUT2D eigenvalue weighted by Crippen LogP contribution is 2.27. The fourth-order valence-corrected chi connectivity index (χ4v) is 2.93. The van der Waals surface area contributed by atoms with Gasteiger partial charge in [-0.05, 0) is 30.3 Å². The number of ether oxygens (including phenoxy) is 1. The normalized spacial score (nSPS) is 11.2. The summed E-state index contributed by atoms with van der Waals surface area (Å²) in [6.45, 7) is 6.16. The quantitative estimate of drug-likeness (QED) is 0.699. The van der Waals surface area contributed by atoms with Gasteiger partial charge in [-0.15, -0.1) is 11.3 Å². The van der Waals surface area contributed by atoms with Crippen LogP contribution < -0.4 is 10.1 Å². The van der Waals surface area contributed by atoms with Gasteiger partial charge in [0.15, 0.2) is 0 Å². The van der Waals surface area contributed by atoms with Crippen molar-refractivity contribution in [2.24, 2.45) is 0 Å². The number of rotatable bonds is 4. The number of pyridine rings is 1. The second kappa shape index (κ2) is 7.21. The lowest BCUT2D eigenvalue weighted by molar-refractivity contribution is 0.103. The van der Waals surface area contributed by atoms with E-state index in [9.17, 15) is 9.18 Å². The molecule has 0 aliphatic carbocycles. The van der Waals surface area contributed by atoms with Crippen molar-refractivity contribution in [3.05, 3.63) is 64.5 Å². The van der Waals surface area contributed by atoms with Gasteiger partial charge in [0.25, 0.3) is 5.91 Å². The molecule has 2 heterocycles. The molecule has 0 aliphatic heterocycles. The maximum atomic E-state index is 12.9. The van der Waals surface area contributed by atoms with Gasteiger partial charge in [0, 0.05) is 11.5 Å². The molecule has 26 heavy (non-hydrogen) atoms. The largest absolute Gasteiger partial charge is 0.439 e. The predicted octanol–water partition coefficient (Wildman–Crippen LogP) is 5.02. The van der Waals surface area contributed by atoms with Crippen LogP contribution in [-0.2, 0) is 5.41 Å². The summed E-state index contributed by atoms with van der Waals surface area (Å²) in [7, 11) is 0. The number of hydrogen-bond donors (Lipinski definition) is 1.